The number of benzene rings is 3. The van der Waals surface area contributed by atoms with Crippen LogP contribution < -0.4 is 0 Å². The topological polar surface area (TPSA) is 30.7 Å². The van der Waals surface area contributed by atoms with Gasteiger partial charge in [-0.25, -0.2) is 4.68 Å². The molecule has 27 heavy (non-hydrogen) atoms. The van der Waals surface area contributed by atoms with E-state index in [9.17, 15) is 0 Å². The van der Waals surface area contributed by atoms with Gasteiger partial charge < -0.3 is 0 Å². The van der Waals surface area contributed by atoms with Crippen LogP contribution in [0, 0.1) is 6.92 Å². The Morgan fingerprint density at radius 1 is 0.852 bits per heavy atom. The highest BCUT2D eigenvalue weighted by Crippen LogP contribution is 2.34. The molecule has 0 unspecified atom stereocenters. The van der Waals surface area contributed by atoms with Gasteiger partial charge in [0.25, 0.3) is 0 Å². The normalized spacial score (nSPS) is 11.3. The Bertz CT molecular complexity index is 1290. The van der Waals surface area contributed by atoms with Crippen molar-refractivity contribution < 1.29 is 0 Å². The molecular weight excluding hydrogens is 354 g/mol. The number of pyridine rings is 1. The molecule has 0 aliphatic heterocycles. The van der Waals surface area contributed by atoms with Crippen LogP contribution in [0.15, 0.2) is 79.0 Å². The van der Waals surface area contributed by atoms with Gasteiger partial charge in [-0.05, 0) is 37.3 Å². The molecule has 0 aliphatic carbocycles. The largest absolute Gasteiger partial charge is 0.255 e. The average molecular weight is 370 g/mol. The summed E-state index contributed by atoms with van der Waals surface area (Å²) in [6.45, 7) is 2.09. The zero-order valence-corrected chi connectivity index (χ0v) is 15.5. The average Bonchev–Trinajstić information content (AvgIpc) is 3.09. The van der Waals surface area contributed by atoms with Crippen molar-refractivity contribution in [3.8, 4) is 16.9 Å². The van der Waals surface area contributed by atoms with E-state index in [1.807, 2.05) is 53.3 Å². The molecule has 0 atom stereocenters. The first-order chi connectivity index (χ1) is 13.2. The minimum absolute atomic E-state index is 0.687. The second-order valence-corrected chi connectivity index (χ2v) is 7.08. The number of aromatic nitrogens is 3. The first-order valence-electron chi connectivity index (χ1n) is 8.80. The van der Waals surface area contributed by atoms with Crippen molar-refractivity contribution >= 4 is 33.4 Å². The van der Waals surface area contributed by atoms with E-state index in [-0.39, 0.29) is 0 Å². The summed E-state index contributed by atoms with van der Waals surface area (Å²) in [4.78, 5) is 4.68. The highest BCUT2D eigenvalue weighted by Gasteiger charge is 2.17. The van der Waals surface area contributed by atoms with Gasteiger partial charge in [0, 0.05) is 27.6 Å². The fourth-order valence-corrected chi connectivity index (χ4v) is 3.69. The highest BCUT2D eigenvalue weighted by atomic mass is 35.5. The summed E-state index contributed by atoms with van der Waals surface area (Å²) in [5.74, 6) is 0. The SMILES string of the molecule is Cc1ccc2ncc3c(-c4ccccc4)nn(-c4cccc(Cl)c4)c3c2c1. The molecule has 5 aromatic rings. The van der Waals surface area contributed by atoms with E-state index in [0.717, 1.165) is 38.8 Å². The molecule has 2 heterocycles. The van der Waals surface area contributed by atoms with Gasteiger partial charge >= 0.3 is 0 Å². The van der Waals surface area contributed by atoms with Crippen LogP contribution in [-0.2, 0) is 0 Å². The smallest absolute Gasteiger partial charge is 0.102 e. The lowest BCUT2D eigenvalue weighted by atomic mass is 10.1. The van der Waals surface area contributed by atoms with Crippen LogP contribution in [0.5, 0.6) is 0 Å². The summed E-state index contributed by atoms with van der Waals surface area (Å²) in [6, 6.07) is 24.3. The number of fused-ring (bicyclic) bond motifs is 3. The lowest BCUT2D eigenvalue weighted by Crippen LogP contribution is -1.97. The van der Waals surface area contributed by atoms with E-state index in [1.165, 1.54) is 5.56 Å². The molecule has 0 radical (unpaired) electrons. The second kappa shape index (κ2) is 6.22. The van der Waals surface area contributed by atoms with Crippen molar-refractivity contribution in [3.63, 3.8) is 0 Å². The van der Waals surface area contributed by atoms with Crippen LogP contribution >= 0.6 is 11.6 Å². The molecule has 0 fully saturated rings. The molecule has 130 valence electrons. The molecule has 0 aliphatic rings. The van der Waals surface area contributed by atoms with Gasteiger partial charge in [-0.3, -0.25) is 4.98 Å². The van der Waals surface area contributed by atoms with Crippen molar-refractivity contribution in [2.75, 3.05) is 0 Å². The first kappa shape index (κ1) is 16.0. The predicted octanol–water partition coefficient (Wildman–Crippen LogP) is 6.20. The fraction of sp³-hybridized carbons (Fsp3) is 0.0435. The molecular formula is C23H16ClN3. The van der Waals surface area contributed by atoms with Crippen LogP contribution in [0.25, 0.3) is 38.8 Å². The van der Waals surface area contributed by atoms with Crippen LogP contribution in [0.4, 0.5) is 0 Å². The zero-order valence-electron chi connectivity index (χ0n) is 14.7. The molecule has 0 saturated heterocycles. The zero-order chi connectivity index (χ0) is 18.4. The second-order valence-electron chi connectivity index (χ2n) is 6.65. The molecule has 2 aromatic heterocycles. The van der Waals surface area contributed by atoms with Gasteiger partial charge in [0.1, 0.15) is 5.69 Å². The third kappa shape index (κ3) is 2.68. The molecule has 0 spiro atoms. The quantitative estimate of drug-likeness (QED) is 0.370. The van der Waals surface area contributed by atoms with Gasteiger partial charge in [-0.15, -0.1) is 0 Å². The lowest BCUT2D eigenvalue weighted by Gasteiger charge is -2.07. The number of hydrogen-bond acceptors (Lipinski definition) is 2. The van der Waals surface area contributed by atoms with Crippen molar-refractivity contribution in [1.29, 1.82) is 0 Å². The Hall–Kier alpha value is -3.17. The molecule has 0 amide bonds. The Kier molecular flexibility index (Phi) is 3.69. The Morgan fingerprint density at radius 2 is 1.70 bits per heavy atom. The number of nitrogens with zero attached hydrogens (tertiary/aromatic N) is 3. The van der Waals surface area contributed by atoms with E-state index in [4.69, 9.17) is 16.7 Å². The van der Waals surface area contributed by atoms with Gasteiger partial charge in [0.2, 0.25) is 0 Å². The summed E-state index contributed by atoms with van der Waals surface area (Å²) >= 11 is 6.26. The third-order valence-corrected chi connectivity index (χ3v) is 5.00. The minimum atomic E-state index is 0.687. The van der Waals surface area contributed by atoms with Crippen LogP contribution in [0.2, 0.25) is 5.02 Å². The molecule has 4 heteroatoms. The van der Waals surface area contributed by atoms with Gasteiger partial charge in [-0.2, -0.15) is 5.10 Å². The standard InChI is InChI=1S/C23H16ClN3/c1-15-10-11-21-19(12-15)23-20(14-25-21)22(16-6-3-2-4-7-16)26-27(23)18-9-5-8-17(24)13-18/h2-14H,1H3. The number of halogens is 1. The van der Waals surface area contributed by atoms with Gasteiger partial charge in [0.05, 0.1) is 16.7 Å². The van der Waals surface area contributed by atoms with Crippen LogP contribution in [0.3, 0.4) is 0 Å². The van der Waals surface area contributed by atoms with Crippen molar-refractivity contribution in [3.05, 3.63) is 89.6 Å². The molecule has 0 bridgehead atoms. The Balaban J connectivity index is 1.94. The van der Waals surface area contributed by atoms with Gasteiger partial charge in [-0.1, -0.05) is 59.6 Å². The van der Waals surface area contributed by atoms with E-state index in [0.29, 0.717) is 5.02 Å². The summed E-state index contributed by atoms with van der Waals surface area (Å²) in [5, 5.41) is 7.77. The summed E-state index contributed by atoms with van der Waals surface area (Å²) < 4.78 is 1.98. The fourth-order valence-electron chi connectivity index (χ4n) is 3.50. The molecule has 0 saturated carbocycles. The van der Waals surface area contributed by atoms with Gasteiger partial charge in [0.15, 0.2) is 0 Å². The molecule has 3 nitrogen and oxygen atoms in total. The molecule has 3 aromatic carbocycles. The Labute approximate surface area is 161 Å². The van der Waals surface area contributed by atoms with Crippen LogP contribution in [-0.4, -0.2) is 14.8 Å². The number of aryl methyl sites for hydroxylation is 1. The summed E-state index contributed by atoms with van der Waals surface area (Å²) in [5.41, 5.74) is 6.11. The van der Waals surface area contributed by atoms with Crippen LogP contribution in [0.1, 0.15) is 5.56 Å². The third-order valence-electron chi connectivity index (χ3n) is 4.76. The van der Waals surface area contributed by atoms with E-state index in [1.54, 1.807) is 0 Å². The van der Waals surface area contributed by atoms with Crippen molar-refractivity contribution in [1.82, 2.24) is 14.8 Å². The van der Waals surface area contributed by atoms with Crippen molar-refractivity contribution in [2.45, 2.75) is 6.92 Å². The molecule has 0 N–H and O–H groups in total. The number of rotatable bonds is 2. The predicted molar refractivity (Wildman–Crippen MR) is 112 cm³/mol. The van der Waals surface area contributed by atoms with E-state index in [2.05, 4.69) is 42.2 Å². The summed E-state index contributed by atoms with van der Waals surface area (Å²) in [6.07, 6.45) is 1.92. The monoisotopic (exact) mass is 369 g/mol. The van der Waals surface area contributed by atoms with E-state index < -0.39 is 0 Å². The summed E-state index contributed by atoms with van der Waals surface area (Å²) in [7, 11) is 0. The van der Waals surface area contributed by atoms with E-state index >= 15 is 0 Å². The minimum Gasteiger partial charge on any atom is -0.255 e. The van der Waals surface area contributed by atoms with Crippen molar-refractivity contribution in [2.24, 2.45) is 0 Å². The maximum atomic E-state index is 6.26. The first-order valence-corrected chi connectivity index (χ1v) is 9.18. The maximum Gasteiger partial charge on any atom is 0.102 e. The Morgan fingerprint density at radius 3 is 2.52 bits per heavy atom. The lowest BCUT2D eigenvalue weighted by molar-refractivity contribution is 0.918. The highest BCUT2D eigenvalue weighted by molar-refractivity contribution is 6.30. The molecule has 5 rings (SSSR count). The number of hydrogen-bond donors (Lipinski definition) is 0. The maximum absolute atomic E-state index is 6.26.